The van der Waals surface area contributed by atoms with Crippen molar-refractivity contribution in [2.45, 2.75) is 0 Å². The molecule has 4 N–H and O–H groups in total. The Kier molecular flexibility index (Phi) is 3.97. The number of hydrogen-bond donors (Lipinski definition) is 4. The van der Waals surface area contributed by atoms with Crippen molar-refractivity contribution in [1.82, 2.24) is 29.5 Å². The standard InChI is InChI=1S/C16H16N8O/c25-8-6-18-14-13-15(20-9-19-13)23-16(22-14)21-11-1-3-12(4-2-11)24-7-5-17-10-24/h1-5,7,9-10,25H,6,8H2,(H3,18,19,20,21,22,23). The average molecular weight is 336 g/mol. The van der Waals surface area contributed by atoms with Gasteiger partial charge in [-0.3, -0.25) is 0 Å². The quantitative estimate of drug-likeness (QED) is 0.423. The van der Waals surface area contributed by atoms with Gasteiger partial charge in [0.1, 0.15) is 5.52 Å². The smallest absolute Gasteiger partial charge is 0.231 e. The molecule has 126 valence electrons. The van der Waals surface area contributed by atoms with Gasteiger partial charge in [0.25, 0.3) is 0 Å². The molecule has 0 bridgehead atoms. The Morgan fingerprint density at radius 1 is 1.16 bits per heavy atom. The Bertz CT molecular complexity index is 962. The SMILES string of the molecule is OCCNc1nc(Nc2ccc(-n3ccnc3)cc2)nc2nc[nH]c12. The van der Waals surface area contributed by atoms with Gasteiger partial charge in [0.05, 0.1) is 19.3 Å². The van der Waals surface area contributed by atoms with Crippen LogP contribution in [0, 0.1) is 0 Å². The van der Waals surface area contributed by atoms with Gasteiger partial charge in [0.2, 0.25) is 5.95 Å². The molecule has 3 heterocycles. The molecule has 0 aliphatic rings. The topological polar surface area (TPSA) is 117 Å². The molecule has 0 saturated heterocycles. The molecule has 9 nitrogen and oxygen atoms in total. The summed E-state index contributed by atoms with van der Waals surface area (Å²) in [5.74, 6) is 1.02. The first-order chi connectivity index (χ1) is 12.3. The predicted molar refractivity (Wildman–Crippen MR) is 94.1 cm³/mol. The maximum absolute atomic E-state index is 9.01. The van der Waals surface area contributed by atoms with Gasteiger partial charge < -0.3 is 25.3 Å². The summed E-state index contributed by atoms with van der Waals surface area (Å²) in [7, 11) is 0. The summed E-state index contributed by atoms with van der Waals surface area (Å²) in [6, 6.07) is 7.83. The third kappa shape index (κ3) is 3.12. The van der Waals surface area contributed by atoms with Gasteiger partial charge in [-0.1, -0.05) is 0 Å². The van der Waals surface area contributed by atoms with E-state index in [4.69, 9.17) is 5.11 Å². The number of aliphatic hydroxyl groups excluding tert-OH is 1. The molecular weight excluding hydrogens is 320 g/mol. The van der Waals surface area contributed by atoms with Crippen molar-refractivity contribution in [2.75, 3.05) is 23.8 Å². The fourth-order valence-electron chi connectivity index (χ4n) is 2.45. The molecule has 3 aromatic heterocycles. The molecule has 0 aliphatic carbocycles. The molecule has 9 heteroatoms. The molecule has 4 aromatic rings. The lowest BCUT2D eigenvalue weighted by molar-refractivity contribution is 0.311. The van der Waals surface area contributed by atoms with Crippen molar-refractivity contribution in [1.29, 1.82) is 0 Å². The van der Waals surface area contributed by atoms with Crippen LogP contribution in [0.2, 0.25) is 0 Å². The normalized spacial score (nSPS) is 10.9. The molecule has 0 fully saturated rings. The zero-order chi connectivity index (χ0) is 17.1. The van der Waals surface area contributed by atoms with Crippen LogP contribution in [0.5, 0.6) is 0 Å². The fraction of sp³-hybridized carbons (Fsp3) is 0.125. The number of H-pyrrole nitrogens is 1. The van der Waals surface area contributed by atoms with Crippen LogP contribution in [-0.2, 0) is 0 Å². The molecule has 0 unspecified atom stereocenters. The van der Waals surface area contributed by atoms with Gasteiger partial charge in [-0.05, 0) is 24.3 Å². The van der Waals surface area contributed by atoms with Gasteiger partial charge in [0.15, 0.2) is 11.5 Å². The second-order valence-electron chi connectivity index (χ2n) is 5.29. The van der Waals surface area contributed by atoms with Crippen LogP contribution < -0.4 is 10.6 Å². The minimum absolute atomic E-state index is 0.0120. The van der Waals surface area contributed by atoms with Crippen LogP contribution in [-0.4, -0.2) is 47.7 Å². The van der Waals surface area contributed by atoms with E-state index in [9.17, 15) is 0 Å². The van der Waals surface area contributed by atoms with E-state index in [2.05, 4.69) is 35.6 Å². The molecule has 0 aliphatic heterocycles. The Hall–Kier alpha value is -3.46. The largest absolute Gasteiger partial charge is 0.395 e. The second kappa shape index (κ2) is 6.57. The van der Waals surface area contributed by atoms with Crippen LogP contribution in [0.3, 0.4) is 0 Å². The van der Waals surface area contributed by atoms with Gasteiger partial charge >= 0.3 is 0 Å². The van der Waals surface area contributed by atoms with Gasteiger partial charge in [-0.25, -0.2) is 9.97 Å². The highest BCUT2D eigenvalue weighted by atomic mass is 16.3. The van der Waals surface area contributed by atoms with E-state index < -0.39 is 0 Å². The molecule has 25 heavy (non-hydrogen) atoms. The summed E-state index contributed by atoms with van der Waals surface area (Å²) < 4.78 is 1.92. The number of rotatable bonds is 6. The van der Waals surface area contributed by atoms with Gasteiger partial charge in [-0.15, -0.1) is 0 Å². The number of aliphatic hydroxyl groups is 1. The number of fused-ring (bicyclic) bond motifs is 1. The van der Waals surface area contributed by atoms with Crippen LogP contribution >= 0.6 is 0 Å². The predicted octanol–water partition coefficient (Wildman–Crippen LogP) is 1.69. The van der Waals surface area contributed by atoms with Crippen LogP contribution in [0.15, 0.2) is 49.3 Å². The Morgan fingerprint density at radius 3 is 2.80 bits per heavy atom. The zero-order valence-electron chi connectivity index (χ0n) is 13.2. The van der Waals surface area contributed by atoms with E-state index in [0.29, 0.717) is 29.5 Å². The summed E-state index contributed by atoms with van der Waals surface area (Å²) in [4.78, 5) is 20.0. The molecule has 0 amide bonds. The Morgan fingerprint density at radius 2 is 2.04 bits per heavy atom. The van der Waals surface area contributed by atoms with Crippen LogP contribution in [0.1, 0.15) is 0 Å². The minimum atomic E-state index is 0.0120. The molecule has 0 radical (unpaired) electrons. The van der Waals surface area contributed by atoms with Crippen molar-refractivity contribution in [2.24, 2.45) is 0 Å². The number of anilines is 3. The molecular formula is C16H16N8O. The highest BCUT2D eigenvalue weighted by Crippen LogP contribution is 2.21. The maximum atomic E-state index is 9.01. The summed E-state index contributed by atoms with van der Waals surface area (Å²) >= 11 is 0. The zero-order valence-corrected chi connectivity index (χ0v) is 13.2. The number of imidazole rings is 2. The fourth-order valence-corrected chi connectivity index (χ4v) is 2.45. The number of nitrogens with zero attached hydrogens (tertiary/aromatic N) is 5. The van der Waals surface area contributed by atoms with E-state index >= 15 is 0 Å². The Balaban J connectivity index is 1.59. The lowest BCUT2D eigenvalue weighted by Crippen LogP contribution is -2.09. The van der Waals surface area contributed by atoms with Crippen LogP contribution in [0.25, 0.3) is 16.9 Å². The van der Waals surface area contributed by atoms with Gasteiger partial charge in [-0.2, -0.15) is 9.97 Å². The van der Waals surface area contributed by atoms with Crippen molar-refractivity contribution in [3.05, 3.63) is 49.3 Å². The number of hydrogen-bond acceptors (Lipinski definition) is 7. The lowest BCUT2D eigenvalue weighted by Gasteiger charge is -2.09. The van der Waals surface area contributed by atoms with Gasteiger partial charge in [0, 0.05) is 30.3 Å². The monoisotopic (exact) mass is 336 g/mol. The number of nitrogens with one attached hydrogen (secondary N) is 3. The number of aromatic amines is 1. The third-order valence-corrected chi connectivity index (χ3v) is 3.62. The van der Waals surface area contributed by atoms with Crippen molar-refractivity contribution < 1.29 is 5.11 Å². The van der Waals surface area contributed by atoms with Crippen molar-refractivity contribution in [3.8, 4) is 5.69 Å². The first-order valence-electron chi connectivity index (χ1n) is 7.75. The Labute approximate surface area is 142 Å². The highest BCUT2D eigenvalue weighted by Gasteiger charge is 2.10. The summed E-state index contributed by atoms with van der Waals surface area (Å²) in [6.45, 7) is 0.405. The summed E-state index contributed by atoms with van der Waals surface area (Å²) in [5.41, 5.74) is 3.12. The van der Waals surface area contributed by atoms with E-state index in [-0.39, 0.29) is 6.61 Å². The minimum Gasteiger partial charge on any atom is -0.395 e. The van der Waals surface area contributed by atoms with Crippen molar-refractivity contribution in [3.63, 3.8) is 0 Å². The first-order valence-corrected chi connectivity index (χ1v) is 7.75. The summed E-state index contributed by atoms with van der Waals surface area (Å²) in [5, 5.41) is 15.2. The molecule has 4 rings (SSSR count). The lowest BCUT2D eigenvalue weighted by atomic mass is 10.3. The molecule has 0 spiro atoms. The molecule has 1 aromatic carbocycles. The van der Waals surface area contributed by atoms with Crippen LogP contribution in [0.4, 0.5) is 17.5 Å². The van der Waals surface area contributed by atoms with Crippen molar-refractivity contribution >= 4 is 28.6 Å². The average Bonchev–Trinajstić information content (AvgIpc) is 3.32. The second-order valence-corrected chi connectivity index (χ2v) is 5.29. The highest BCUT2D eigenvalue weighted by molar-refractivity contribution is 5.84. The van der Waals surface area contributed by atoms with E-state index in [0.717, 1.165) is 11.4 Å². The first kappa shape index (κ1) is 15.1. The number of aromatic nitrogens is 6. The molecule has 0 atom stereocenters. The number of benzene rings is 1. The van der Waals surface area contributed by atoms with E-state index in [1.165, 1.54) is 0 Å². The van der Waals surface area contributed by atoms with E-state index in [1.807, 2.05) is 35.0 Å². The maximum Gasteiger partial charge on any atom is 0.231 e. The van der Waals surface area contributed by atoms with E-state index in [1.54, 1.807) is 18.9 Å². The summed E-state index contributed by atoms with van der Waals surface area (Å²) in [6.07, 6.45) is 6.93. The molecule has 0 saturated carbocycles. The third-order valence-electron chi connectivity index (χ3n) is 3.62.